The van der Waals surface area contributed by atoms with Gasteiger partial charge in [-0.05, 0) is 81.6 Å². The van der Waals surface area contributed by atoms with E-state index in [1.165, 1.54) is 12.1 Å². The smallest absolute Gasteiger partial charge is 0.251 e. The van der Waals surface area contributed by atoms with Crippen molar-refractivity contribution in [3.8, 4) is 0 Å². The summed E-state index contributed by atoms with van der Waals surface area (Å²) in [4.78, 5) is 27.2. The average Bonchev–Trinajstić information content (AvgIpc) is 2.78. The molecule has 3 rings (SSSR count). The molecule has 2 atom stereocenters. The SMILES string of the molecule is CC(NC(=O)c1cccc(Cl)c1)C(C)N1CCC(CC(=O)NCc2ccc(F)cc2)CC1. The minimum Gasteiger partial charge on any atom is -0.352 e. The van der Waals surface area contributed by atoms with E-state index in [4.69, 9.17) is 11.6 Å². The highest BCUT2D eigenvalue weighted by Crippen LogP contribution is 2.23. The van der Waals surface area contributed by atoms with Crippen molar-refractivity contribution in [3.63, 3.8) is 0 Å². The molecule has 0 spiro atoms. The van der Waals surface area contributed by atoms with E-state index in [1.807, 2.05) is 6.92 Å². The van der Waals surface area contributed by atoms with Crippen LogP contribution >= 0.6 is 11.6 Å². The molecule has 0 radical (unpaired) electrons. The van der Waals surface area contributed by atoms with Crippen LogP contribution in [0.5, 0.6) is 0 Å². The van der Waals surface area contributed by atoms with Gasteiger partial charge in [-0.25, -0.2) is 4.39 Å². The molecule has 1 aliphatic rings. The molecule has 2 aromatic carbocycles. The Hall–Kier alpha value is -2.44. The Kier molecular flexibility index (Phi) is 8.65. The summed E-state index contributed by atoms with van der Waals surface area (Å²) in [7, 11) is 0. The number of benzene rings is 2. The van der Waals surface area contributed by atoms with Crippen LogP contribution in [0.15, 0.2) is 48.5 Å². The Labute approximate surface area is 194 Å². The summed E-state index contributed by atoms with van der Waals surface area (Å²) in [6.07, 6.45) is 2.40. The lowest BCUT2D eigenvalue weighted by Gasteiger charge is -2.38. The van der Waals surface area contributed by atoms with Gasteiger partial charge >= 0.3 is 0 Å². The molecule has 0 aromatic heterocycles. The molecular weight excluding hydrogens is 429 g/mol. The Morgan fingerprint density at radius 3 is 2.47 bits per heavy atom. The standard InChI is InChI=1S/C25H31ClFN3O2/c1-17(29-25(32)21-4-3-5-22(26)15-21)18(2)30-12-10-19(11-13-30)14-24(31)28-16-20-6-8-23(27)9-7-20/h3-9,15,17-19H,10-14,16H2,1-2H3,(H,28,31)(H,29,32). The topological polar surface area (TPSA) is 61.4 Å². The summed E-state index contributed by atoms with van der Waals surface area (Å²) in [5, 5.41) is 6.54. The summed E-state index contributed by atoms with van der Waals surface area (Å²) in [5.74, 6) is -0.0232. The third-order valence-corrected chi connectivity index (χ3v) is 6.51. The molecule has 2 unspecified atom stereocenters. The van der Waals surface area contributed by atoms with E-state index in [-0.39, 0.29) is 29.7 Å². The second-order valence-electron chi connectivity index (χ2n) is 8.60. The number of likely N-dealkylation sites (tertiary alicyclic amines) is 1. The van der Waals surface area contributed by atoms with Crippen molar-refractivity contribution in [3.05, 3.63) is 70.5 Å². The first-order valence-electron chi connectivity index (χ1n) is 11.1. The number of carbonyl (C=O) groups excluding carboxylic acids is 2. The van der Waals surface area contributed by atoms with Crippen molar-refractivity contribution in [1.82, 2.24) is 15.5 Å². The number of nitrogens with one attached hydrogen (secondary N) is 2. The maximum Gasteiger partial charge on any atom is 0.251 e. The van der Waals surface area contributed by atoms with Gasteiger partial charge in [0.25, 0.3) is 5.91 Å². The minimum atomic E-state index is -0.278. The first kappa shape index (κ1) is 24.2. The van der Waals surface area contributed by atoms with Crippen LogP contribution in [0.1, 0.15) is 49.0 Å². The van der Waals surface area contributed by atoms with Crippen molar-refractivity contribution in [2.45, 2.75) is 51.7 Å². The van der Waals surface area contributed by atoms with Crippen LogP contribution in [0, 0.1) is 11.7 Å². The molecule has 1 saturated heterocycles. The fraction of sp³-hybridized carbons (Fsp3) is 0.440. The first-order valence-corrected chi connectivity index (χ1v) is 11.5. The van der Waals surface area contributed by atoms with E-state index < -0.39 is 0 Å². The van der Waals surface area contributed by atoms with Crippen LogP contribution in [-0.2, 0) is 11.3 Å². The molecule has 0 saturated carbocycles. The highest BCUT2D eigenvalue weighted by molar-refractivity contribution is 6.30. The van der Waals surface area contributed by atoms with Crippen LogP contribution in [0.25, 0.3) is 0 Å². The maximum atomic E-state index is 13.0. The summed E-state index contributed by atoms with van der Waals surface area (Å²) < 4.78 is 13.0. The van der Waals surface area contributed by atoms with Gasteiger partial charge in [-0.15, -0.1) is 0 Å². The third-order valence-electron chi connectivity index (χ3n) is 6.27. The summed E-state index contributed by atoms with van der Waals surface area (Å²) >= 11 is 5.99. The van der Waals surface area contributed by atoms with Gasteiger partial charge in [0.2, 0.25) is 5.91 Å². The van der Waals surface area contributed by atoms with Gasteiger partial charge in [0.15, 0.2) is 0 Å². The highest BCUT2D eigenvalue weighted by atomic mass is 35.5. The van der Waals surface area contributed by atoms with Gasteiger partial charge in [0.05, 0.1) is 0 Å². The largest absolute Gasteiger partial charge is 0.352 e. The number of hydrogen-bond donors (Lipinski definition) is 2. The summed E-state index contributed by atoms with van der Waals surface area (Å²) in [5.41, 5.74) is 1.44. The van der Waals surface area contributed by atoms with E-state index in [0.29, 0.717) is 29.5 Å². The summed E-state index contributed by atoms with van der Waals surface area (Å²) in [6.45, 7) is 6.35. The van der Waals surface area contributed by atoms with E-state index in [2.05, 4.69) is 22.5 Å². The minimum absolute atomic E-state index is 0.0166. The van der Waals surface area contributed by atoms with Crippen LogP contribution in [-0.4, -0.2) is 41.9 Å². The van der Waals surface area contributed by atoms with E-state index in [9.17, 15) is 14.0 Å². The number of nitrogens with zero attached hydrogens (tertiary/aromatic N) is 1. The van der Waals surface area contributed by atoms with Gasteiger partial charge in [0.1, 0.15) is 5.82 Å². The number of rotatable bonds is 8. The monoisotopic (exact) mass is 459 g/mol. The number of piperidine rings is 1. The van der Waals surface area contributed by atoms with Gasteiger partial charge in [-0.3, -0.25) is 14.5 Å². The number of halogens is 2. The summed E-state index contributed by atoms with van der Waals surface area (Å²) in [6, 6.07) is 13.3. The molecule has 0 bridgehead atoms. The van der Waals surface area contributed by atoms with Crippen molar-refractivity contribution in [1.29, 1.82) is 0 Å². The van der Waals surface area contributed by atoms with Gasteiger partial charge in [0, 0.05) is 35.6 Å². The van der Waals surface area contributed by atoms with E-state index in [1.54, 1.807) is 36.4 Å². The number of carbonyl (C=O) groups is 2. The van der Waals surface area contributed by atoms with Gasteiger partial charge < -0.3 is 10.6 Å². The zero-order valence-electron chi connectivity index (χ0n) is 18.6. The fourth-order valence-corrected chi connectivity index (χ4v) is 4.25. The molecule has 5 nitrogen and oxygen atoms in total. The molecule has 2 aromatic rings. The Morgan fingerprint density at radius 1 is 1.12 bits per heavy atom. The number of amides is 2. The van der Waals surface area contributed by atoms with Crippen LogP contribution in [0.3, 0.4) is 0 Å². The zero-order valence-corrected chi connectivity index (χ0v) is 19.4. The van der Waals surface area contributed by atoms with E-state index >= 15 is 0 Å². The molecule has 7 heteroatoms. The molecule has 1 fully saturated rings. The Morgan fingerprint density at radius 2 is 1.81 bits per heavy atom. The van der Waals surface area contributed by atoms with Crippen molar-refractivity contribution in [2.75, 3.05) is 13.1 Å². The van der Waals surface area contributed by atoms with Crippen molar-refractivity contribution >= 4 is 23.4 Å². The second-order valence-corrected chi connectivity index (χ2v) is 9.04. The average molecular weight is 460 g/mol. The predicted molar refractivity (Wildman–Crippen MR) is 125 cm³/mol. The van der Waals surface area contributed by atoms with Gasteiger partial charge in [-0.2, -0.15) is 0 Å². The third kappa shape index (κ3) is 7.04. The van der Waals surface area contributed by atoms with Gasteiger partial charge in [-0.1, -0.05) is 29.8 Å². The van der Waals surface area contributed by atoms with Crippen LogP contribution in [0.4, 0.5) is 4.39 Å². The zero-order chi connectivity index (χ0) is 23.1. The molecule has 32 heavy (non-hydrogen) atoms. The first-order chi connectivity index (χ1) is 15.3. The highest BCUT2D eigenvalue weighted by Gasteiger charge is 2.27. The van der Waals surface area contributed by atoms with Crippen molar-refractivity contribution in [2.24, 2.45) is 5.92 Å². The molecule has 1 aliphatic heterocycles. The molecule has 2 N–H and O–H groups in total. The lowest BCUT2D eigenvalue weighted by molar-refractivity contribution is -0.122. The van der Waals surface area contributed by atoms with Crippen LogP contribution in [0.2, 0.25) is 5.02 Å². The molecule has 0 aliphatic carbocycles. The van der Waals surface area contributed by atoms with Crippen molar-refractivity contribution < 1.29 is 14.0 Å². The molecule has 2 amide bonds. The lowest BCUT2D eigenvalue weighted by Crippen LogP contribution is -2.51. The van der Waals surface area contributed by atoms with Crippen LogP contribution < -0.4 is 10.6 Å². The Balaban J connectivity index is 1.39. The normalized spacial score (nSPS) is 16.9. The van der Waals surface area contributed by atoms with E-state index in [0.717, 1.165) is 31.5 Å². The lowest BCUT2D eigenvalue weighted by atomic mass is 9.91. The predicted octanol–water partition coefficient (Wildman–Crippen LogP) is 4.40. The maximum absolute atomic E-state index is 13.0. The number of hydrogen-bond acceptors (Lipinski definition) is 3. The quantitative estimate of drug-likeness (QED) is 0.615. The molecule has 1 heterocycles. The Bertz CT molecular complexity index is 914. The molecule has 172 valence electrons. The fourth-order valence-electron chi connectivity index (χ4n) is 4.06. The second kappa shape index (κ2) is 11.4. The molecular formula is C25H31ClFN3O2.